The number of aromatic nitrogens is 2. The fourth-order valence-corrected chi connectivity index (χ4v) is 4.06. The lowest BCUT2D eigenvalue weighted by atomic mass is 9.67. The molecule has 136 valence electrons. The van der Waals surface area contributed by atoms with E-state index in [2.05, 4.69) is 9.97 Å². The van der Waals surface area contributed by atoms with Gasteiger partial charge in [0.2, 0.25) is 11.7 Å². The van der Waals surface area contributed by atoms with Crippen LogP contribution in [0.2, 0.25) is 0 Å². The number of aliphatic hydroxyl groups excluding tert-OH is 1. The normalized spacial score (nSPS) is 25.0. The number of rotatable bonds is 1. The fraction of sp³-hybridized carbons (Fsp3) is 0.667. The van der Waals surface area contributed by atoms with Crippen LogP contribution in [-0.2, 0) is 4.79 Å². The van der Waals surface area contributed by atoms with Crippen LogP contribution in [-0.4, -0.2) is 68.0 Å². The SMILES string of the molecule is CC(=O)N1CC2(CCN(C(=O)c3ncccn3)CC2)C[C@@H](O)C1(C)C. The third kappa shape index (κ3) is 3.25. The van der Waals surface area contributed by atoms with Crippen molar-refractivity contribution in [2.75, 3.05) is 19.6 Å². The molecular weight excluding hydrogens is 320 g/mol. The van der Waals surface area contributed by atoms with Gasteiger partial charge in [-0.3, -0.25) is 9.59 Å². The summed E-state index contributed by atoms with van der Waals surface area (Å²) in [6, 6.07) is 1.68. The molecule has 7 nitrogen and oxygen atoms in total. The second-order valence-corrected chi connectivity index (χ2v) is 7.84. The molecule has 1 N–H and O–H groups in total. The smallest absolute Gasteiger partial charge is 0.291 e. The van der Waals surface area contributed by atoms with Crippen molar-refractivity contribution in [3.05, 3.63) is 24.3 Å². The van der Waals surface area contributed by atoms with E-state index in [4.69, 9.17) is 0 Å². The molecule has 2 aliphatic heterocycles. The Morgan fingerprint density at radius 3 is 2.36 bits per heavy atom. The lowest BCUT2D eigenvalue weighted by Crippen LogP contribution is -2.64. The van der Waals surface area contributed by atoms with Crippen LogP contribution < -0.4 is 0 Å². The topological polar surface area (TPSA) is 86.6 Å². The van der Waals surface area contributed by atoms with Crippen LogP contribution in [0.15, 0.2) is 18.5 Å². The summed E-state index contributed by atoms with van der Waals surface area (Å²) in [5.74, 6) is 0.0449. The van der Waals surface area contributed by atoms with Gasteiger partial charge in [0, 0.05) is 39.0 Å². The van der Waals surface area contributed by atoms with Crippen LogP contribution >= 0.6 is 0 Å². The number of aliphatic hydroxyl groups is 1. The van der Waals surface area contributed by atoms with Gasteiger partial charge < -0.3 is 14.9 Å². The zero-order chi connectivity index (χ0) is 18.2. The minimum absolute atomic E-state index is 0.0145. The average molecular weight is 346 g/mol. The van der Waals surface area contributed by atoms with E-state index in [1.807, 2.05) is 13.8 Å². The lowest BCUT2D eigenvalue weighted by Gasteiger charge is -2.55. The van der Waals surface area contributed by atoms with Crippen molar-refractivity contribution in [3.8, 4) is 0 Å². The van der Waals surface area contributed by atoms with Crippen LogP contribution in [0.1, 0.15) is 50.7 Å². The van der Waals surface area contributed by atoms with Crippen LogP contribution in [0.4, 0.5) is 0 Å². The summed E-state index contributed by atoms with van der Waals surface area (Å²) in [7, 11) is 0. The number of amides is 2. The lowest BCUT2D eigenvalue weighted by molar-refractivity contribution is -0.156. The first-order chi connectivity index (χ1) is 11.8. The number of carbonyl (C=O) groups is 2. The molecule has 2 saturated heterocycles. The van der Waals surface area contributed by atoms with Gasteiger partial charge in [-0.2, -0.15) is 0 Å². The highest BCUT2D eigenvalue weighted by Gasteiger charge is 2.50. The second-order valence-electron chi connectivity index (χ2n) is 7.84. The molecule has 1 aromatic rings. The van der Waals surface area contributed by atoms with Crippen molar-refractivity contribution in [2.45, 2.75) is 51.7 Å². The number of carbonyl (C=O) groups excluding carboxylic acids is 2. The summed E-state index contributed by atoms with van der Waals surface area (Å²) >= 11 is 0. The van der Waals surface area contributed by atoms with Crippen molar-refractivity contribution in [2.24, 2.45) is 5.41 Å². The second kappa shape index (κ2) is 6.37. The zero-order valence-corrected chi connectivity index (χ0v) is 15.1. The number of nitrogens with zero attached hydrogens (tertiary/aromatic N) is 4. The molecule has 25 heavy (non-hydrogen) atoms. The van der Waals surface area contributed by atoms with Crippen molar-refractivity contribution in [3.63, 3.8) is 0 Å². The first-order valence-corrected chi connectivity index (χ1v) is 8.78. The molecule has 7 heteroatoms. The highest BCUT2D eigenvalue weighted by molar-refractivity contribution is 5.90. The first kappa shape index (κ1) is 17.8. The summed E-state index contributed by atoms with van der Waals surface area (Å²) in [6.45, 7) is 7.20. The van der Waals surface area contributed by atoms with Crippen molar-refractivity contribution in [1.29, 1.82) is 0 Å². The van der Waals surface area contributed by atoms with E-state index < -0.39 is 11.6 Å². The molecule has 0 aliphatic carbocycles. The molecule has 0 aromatic carbocycles. The predicted molar refractivity (Wildman–Crippen MR) is 91.7 cm³/mol. The maximum absolute atomic E-state index is 12.5. The number of hydrogen-bond donors (Lipinski definition) is 1. The van der Waals surface area contributed by atoms with E-state index in [1.54, 1.807) is 35.2 Å². The highest BCUT2D eigenvalue weighted by Crippen LogP contribution is 2.45. The van der Waals surface area contributed by atoms with E-state index >= 15 is 0 Å². The molecule has 1 atom stereocenters. The Labute approximate surface area is 148 Å². The Morgan fingerprint density at radius 2 is 1.80 bits per heavy atom. The molecule has 0 saturated carbocycles. The molecule has 3 rings (SSSR count). The minimum atomic E-state index is -0.565. The monoisotopic (exact) mass is 346 g/mol. The first-order valence-electron chi connectivity index (χ1n) is 8.78. The molecular formula is C18H26N4O3. The Bertz CT molecular complexity index is 654. The van der Waals surface area contributed by atoms with Crippen LogP contribution in [0.25, 0.3) is 0 Å². The highest BCUT2D eigenvalue weighted by atomic mass is 16.3. The minimum Gasteiger partial charge on any atom is -0.391 e. The van der Waals surface area contributed by atoms with Gasteiger partial charge in [0.25, 0.3) is 5.91 Å². The summed E-state index contributed by atoms with van der Waals surface area (Å²) < 4.78 is 0. The molecule has 2 amide bonds. The largest absolute Gasteiger partial charge is 0.391 e. The third-order valence-corrected chi connectivity index (χ3v) is 5.88. The van der Waals surface area contributed by atoms with Gasteiger partial charge in [0.15, 0.2) is 0 Å². The molecule has 0 bridgehead atoms. The third-order valence-electron chi connectivity index (χ3n) is 5.88. The predicted octanol–water partition coefficient (Wildman–Crippen LogP) is 1.09. The maximum Gasteiger partial charge on any atom is 0.291 e. The molecule has 2 aliphatic rings. The molecule has 0 radical (unpaired) electrons. The number of hydrogen-bond acceptors (Lipinski definition) is 5. The Morgan fingerprint density at radius 1 is 1.20 bits per heavy atom. The summed E-state index contributed by atoms with van der Waals surface area (Å²) in [5, 5.41) is 10.6. The molecule has 0 unspecified atom stereocenters. The fourth-order valence-electron chi connectivity index (χ4n) is 4.06. The Hall–Kier alpha value is -2.02. The average Bonchev–Trinajstić information content (AvgIpc) is 2.59. The van der Waals surface area contributed by atoms with Crippen molar-refractivity contribution >= 4 is 11.8 Å². The standard InChI is InChI=1S/C18H26N4O3/c1-13(23)22-12-18(11-14(24)17(22,2)3)5-9-21(10-6-18)16(25)15-19-7-4-8-20-15/h4,7-8,14,24H,5-6,9-12H2,1-3H3/t14-/m1/s1. The molecule has 1 spiro atoms. The zero-order valence-electron chi connectivity index (χ0n) is 15.1. The van der Waals surface area contributed by atoms with Gasteiger partial charge in [0.1, 0.15) is 0 Å². The summed E-state index contributed by atoms with van der Waals surface area (Å²) in [5.41, 5.74) is -0.684. The van der Waals surface area contributed by atoms with Gasteiger partial charge in [-0.1, -0.05) is 0 Å². The molecule has 1 aromatic heterocycles. The Kier molecular flexibility index (Phi) is 4.53. The van der Waals surface area contributed by atoms with E-state index in [-0.39, 0.29) is 23.1 Å². The maximum atomic E-state index is 12.5. The van der Waals surface area contributed by atoms with Crippen LogP contribution in [0, 0.1) is 5.41 Å². The van der Waals surface area contributed by atoms with E-state index in [1.165, 1.54) is 0 Å². The van der Waals surface area contributed by atoms with Crippen molar-refractivity contribution in [1.82, 2.24) is 19.8 Å². The van der Waals surface area contributed by atoms with Crippen LogP contribution in [0.3, 0.4) is 0 Å². The Balaban J connectivity index is 1.71. The number of likely N-dealkylation sites (tertiary alicyclic amines) is 2. The summed E-state index contributed by atoms with van der Waals surface area (Å²) in [6.07, 6.45) is 4.76. The van der Waals surface area contributed by atoms with E-state index in [0.717, 1.165) is 12.8 Å². The van der Waals surface area contributed by atoms with Gasteiger partial charge in [-0.25, -0.2) is 9.97 Å². The van der Waals surface area contributed by atoms with Gasteiger partial charge in [0.05, 0.1) is 11.6 Å². The molecule has 3 heterocycles. The van der Waals surface area contributed by atoms with Gasteiger partial charge in [-0.05, 0) is 44.6 Å². The summed E-state index contributed by atoms with van der Waals surface area (Å²) in [4.78, 5) is 36.2. The molecule has 2 fully saturated rings. The van der Waals surface area contributed by atoms with E-state index in [0.29, 0.717) is 26.1 Å². The van der Waals surface area contributed by atoms with Gasteiger partial charge in [-0.15, -0.1) is 0 Å². The van der Waals surface area contributed by atoms with E-state index in [9.17, 15) is 14.7 Å². The van der Waals surface area contributed by atoms with Crippen molar-refractivity contribution < 1.29 is 14.7 Å². The van der Waals surface area contributed by atoms with Gasteiger partial charge >= 0.3 is 0 Å². The quantitative estimate of drug-likeness (QED) is 0.823. The number of piperidine rings is 2. The van der Waals surface area contributed by atoms with Crippen LogP contribution in [0.5, 0.6) is 0 Å².